The summed E-state index contributed by atoms with van der Waals surface area (Å²) in [6, 6.07) is 6.28. The second kappa shape index (κ2) is 9.74. The van der Waals surface area contributed by atoms with Crippen molar-refractivity contribution in [2.24, 2.45) is 0 Å². The van der Waals surface area contributed by atoms with Crippen molar-refractivity contribution in [3.63, 3.8) is 0 Å². The fraction of sp³-hybridized carbons (Fsp3) is 0.458. The zero-order valence-electron chi connectivity index (χ0n) is 19.8. The van der Waals surface area contributed by atoms with E-state index in [0.29, 0.717) is 23.5 Å². The number of quaternary nitrogens is 1. The van der Waals surface area contributed by atoms with Crippen LogP contribution in [0.15, 0.2) is 30.6 Å². The number of carbonyl (C=O) groups is 1. The monoisotopic (exact) mass is 450 g/mol. The quantitative estimate of drug-likeness (QED) is 0.579. The van der Waals surface area contributed by atoms with Gasteiger partial charge in [0.1, 0.15) is 17.2 Å². The van der Waals surface area contributed by atoms with Crippen LogP contribution in [0.1, 0.15) is 42.2 Å². The number of hydrogen-bond donors (Lipinski definition) is 2. The third kappa shape index (κ3) is 4.64. The van der Waals surface area contributed by atoms with E-state index in [0.717, 1.165) is 55.7 Å². The number of hydrogen-bond acceptors (Lipinski definition) is 6. The molecule has 1 aliphatic carbocycles. The number of nitrogens with zero attached hydrogens (tertiary/aromatic N) is 6. The Balaban J connectivity index is 0.00000259. The van der Waals surface area contributed by atoms with E-state index in [1.165, 1.54) is 12.8 Å². The van der Waals surface area contributed by atoms with E-state index < -0.39 is 0 Å². The SMILES string of the molecule is CN(C)C(=O)c1cc2cnc(Nc3ccc(N4CC[NH2+]CC4)cn3)nc2n1C1CCCC1.[CH3-]. The van der Waals surface area contributed by atoms with Crippen molar-refractivity contribution in [3.05, 3.63) is 43.7 Å². The number of anilines is 3. The van der Waals surface area contributed by atoms with Crippen molar-refractivity contribution in [3.8, 4) is 0 Å². The van der Waals surface area contributed by atoms with Gasteiger partial charge in [0, 0.05) is 31.7 Å². The zero-order chi connectivity index (χ0) is 22.1. The van der Waals surface area contributed by atoms with Crippen molar-refractivity contribution < 1.29 is 10.1 Å². The maximum Gasteiger partial charge on any atom is 0.270 e. The maximum atomic E-state index is 12.9. The molecule has 0 spiro atoms. The molecule has 3 aromatic heterocycles. The predicted molar refractivity (Wildman–Crippen MR) is 131 cm³/mol. The second-order valence-electron chi connectivity index (χ2n) is 8.89. The third-order valence-corrected chi connectivity index (χ3v) is 6.45. The highest BCUT2D eigenvalue weighted by molar-refractivity contribution is 5.97. The summed E-state index contributed by atoms with van der Waals surface area (Å²) in [5.74, 6) is 1.20. The van der Waals surface area contributed by atoms with Crippen LogP contribution in [0.5, 0.6) is 0 Å². The van der Waals surface area contributed by atoms with E-state index in [9.17, 15) is 4.79 Å². The molecule has 0 bridgehead atoms. The molecule has 1 saturated carbocycles. The highest BCUT2D eigenvalue weighted by Gasteiger charge is 2.26. The van der Waals surface area contributed by atoms with Gasteiger partial charge in [-0.2, -0.15) is 4.98 Å². The van der Waals surface area contributed by atoms with Crippen molar-refractivity contribution in [2.75, 3.05) is 50.5 Å². The molecule has 4 heterocycles. The van der Waals surface area contributed by atoms with Gasteiger partial charge in [-0.05, 0) is 31.0 Å². The van der Waals surface area contributed by atoms with E-state index in [1.54, 1.807) is 25.2 Å². The number of nitrogens with one attached hydrogen (secondary N) is 1. The Kier molecular flexibility index (Phi) is 6.78. The molecule has 3 N–H and O–H groups in total. The Hall–Kier alpha value is -3.20. The summed E-state index contributed by atoms with van der Waals surface area (Å²) >= 11 is 0. The van der Waals surface area contributed by atoms with E-state index in [4.69, 9.17) is 4.98 Å². The van der Waals surface area contributed by atoms with Gasteiger partial charge >= 0.3 is 0 Å². The Bertz CT molecular complexity index is 1100. The van der Waals surface area contributed by atoms with Crippen LogP contribution < -0.4 is 15.5 Å². The van der Waals surface area contributed by atoms with Crippen LogP contribution in [-0.4, -0.2) is 70.6 Å². The molecular formula is C24H34N8O. The standard InChI is InChI=1S/C23H30N8O.CH3/c1-29(2)22(32)19-13-16-14-26-23(28-21(16)31(19)17-5-3-4-6-17)27-20-8-7-18(15-25-20)30-11-9-24-10-12-30;/h7-8,13-15,17,24H,3-6,9-12H2,1-2H3,(H,25,26,27,28);1H3/q;-1/p+1. The van der Waals surface area contributed by atoms with Crippen LogP contribution in [0.25, 0.3) is 11.0 Å². The number of rotatable bonds is 5. The summed E-state index contributed by atoms with van der Waals surface area (Å²) in [6.45, 7) is 4.32. The summed E-state index contributed by atoms with van der Waals surface area (Å²) in [5, 5.41) is 6.47. The molecule has 2 aliphatic rings. The number of carbonyl (C=O) groups excluding carboxylic acids is 1. The van der Waals surface area contributed by atoms with Gasteiger partial charge in [0.05, 0.1) is 38.1 Å². The van der Waals surface area contributed by atoms with Gasteiger partial charge in [0.25, 0.3) is 5.91 Å². The molecule has 3 aromatic rings. The maximum absolute atomic E-state index is 12.9. The van der Waals surface area contributed by atoms with E-state index in [-0.39, 0.29) is 13.3 Å². The van der Waals surface area contributed by atoms with Crippen LogP contribution in [-0.2, 0) is 0 Å². The predicted octanol–water partition coefficient (Wildman–Crippen LogP) is 2.22. The van der Waals surface area contributed by atoms with Gasteiger partial charge in [0.15, 0.2) is 0 Å². The average Bonchev–Trinajstić information content (AvgIpc) is 3.47. The molecule has 2 fully saturated rings. The fourth-order valence-corrected chi connectivity index (χ4v) is 4.76. The average molecular weight is 451 g/mol. The topological polar surface area (TPSA) is 95.8 Å². The molecule has 5 rings (SSSR count). The minimum atomic E-state index is -0.00280. The minimum absolute atomic E-state index is 0. The molecule has 9 heteroatoms. The largest absolute Gasteiger partial charge is 0.359 e. The minimum Gasteiger partial charge on any atom is -0.359 e. The van der Waals surface area contributed by atoms with Crippen molar-refractivity contribution >= 4 is 34.4 Å². The van der Waals surface area contributed by atoms with Crippen molar-refractivity contribution in [2.45, 2.75) is 31.7 Å². The highest BCUT2D eigenvalue weighted by atomic mass is 16.2. The molecule has 0 radical (unpaired) electrons. The fourth-order valence-electron chi connectivity index (χ4n) is 4.76. The van der Waals surface area contributed by atoms with Gasteiger partial charge in [-0.15, -0.1) is 0 Å². The summed E-state index contributed by atoms with van der Waals surface area (Å²) in [7, 11) is 3.57. The lowest BCUT2D eigenvalue weighted by atomic mass is 10.2. The Morgan fingerprint density at radius 1 is 1.12 bits per heavy atom. The molecule has 1 aliphatic heterocycles. The van der Waals surface area contributed by atoms with Gasteiger partial charge in [-0.25, -0.2) is 9.97 Å². The van der Waals surface area contributed by atoms with Crippen molar-refractivity contribution in [1.82, 2.24) is 24.4 Å². The number of amides is 1. The van der Waals surface area contributed by atoms with Gasteiger partial charge in [0.2, 0.25) is 5.95 Å². The molecular weight excluding hydrogens is 416 g/mol. The van der Waals surface area contributed by atoms with Crippen LogP contribution >= 0.6 is 0 Å². The first-order valence-corrected chi connectivity index (χ1v) is 11.5. The van der Waals surface area contributed by atoms with Gasteiger partial charge < -0.3 is 32.4 Å². The normalized spacial score (nSPS) is 16.6. The Morgan fingerprint density at radius 2 is 1.88 bits per heavy atom. The van der Waals surface area contributed by atoms with Gasteiger partial charge in [-0.1, -0.05) is 12.8 Å². The van der Waals surface area contributed by atoms with Crippen LogP contribution in [0, 0.1) is 7.43 Å². The molecule has 1 amide bonds. The number of piperazine rings is 1. The third-order valence-electron chi connectivity index (χ3n) is 6.45. The molecule has 33 heavy (non-hydrogen) atoms. The summed E-state index contributed by atoms with van der Waals surface area (Å²) in [6.07, 6.45) is 8.20. The second-order valence-corrected chi connectivity index (χ2v) is 8.89. The first-order chi connectivity index (χ1) is 15.6. The molecule has 0 aromatic carbocycles. The first-order valence-electron chi connectivity index (χ1n) is 11.5. The lowest BCUT2D eigenvalue weighted by molar-refractivity contribution is -0.655. The number of fused-ring (bicyclic) bond motifs is 1. The van der Waals surface area contributed by atoms with E-state index in [1.807, 2.05) is 18.3 Å². The molecule has 1 saturated heterocycles. The lowest BCUT2D eigenvalue weighted by Crippen LogP contribution is -2.89. The number of pyridine rings is 1. The number of nitrogens with two attached hydrogens (primary N) is 1. The van der Waals surface area contributed by atoms with E-state index >= 15 is 0 Å². The van der Waals surface area contributed by atoms with Gasteiger partial charge in [-0.3, -0.25) is 4.79 Å². The highest BCUT2D eigenvalue weighted by Crippen LogP contribution is 2.34. The van der Waals surface area contributed by atoms with Crippen LogP contribution in [0.2, 0.25) is 0 Å². The Labute approximate surface area is 195 Å². The zero-order valence-corrected chi connectivity index (χ0v) is 19.8. The molecule has 0 unspecified atom stereocenters. The molecule has 176 valence electrons. The lowest BCUT2D eigenvalue weighted by Gasteiger charge is -2.26. The van der Waals surface area contributed by atoms with Crippen LogP contribution in [0.4, 0.5) is 17.5 Å². The first kappa shape index (κ1) is 23.0. The molecule has 9 nitrogen and oxygen atoms in total. The van der Waals surface area contributed by atoms with Crippen LogP contribution in [0.3, 0.4) is 0 Å². The molecule has 0 atom stereocenters. The summed E-state index contributed by atoms with van der Waals surface area (Å²) in [4.78, 5) is 30.7. The summed E-state index contributed by atoms with van der Waals surface area (Å²) < 4.78 is 2.13. The van der Waals surface area contributed by atoms with Crippen molar-refractivity contribution in [1.29, 1.82) is 0 Å². The summed E-state index contributed by atoms with van der Waals surface area (Å²) in [5.41, 5.74) is 2.63. The Morgan fingerprint density at radius 3 is 2.55 bits per heavy atom. The van der Waals surface area contributed by atoms with E-state index in [2.05, 4.69) is 36.1 Å². The number of aromatic nitrogens is 4. The smallest absolute Gasteiger partial charge is 0.270 e.